The molecule has 0 aliphatic heterocycles. The normalized spacial score (nSPS) is 27.2. The summed E-state index contributed by atoms with van der Waals surface area (Å²) in [6.45, 7) is 2.02. The predicted molar refractivity (Wildman–Crippen MR) is 54.6 cm³/mol. The van der Waals surface area contributed by atoms with Crippen LogP contribution in [-0.2, 0) is 9.59 Å². The first-order valence-corrected chi connectivity index (χ1v) is 5.47. The van der Waals surface area contributed by atoms with E-state index in [-0.39, 0.29) is 17.7 Å². The number of ketones is 1. The van der Waals surface area contributed by atoms with Gasteiger partial charge in [-0.25, -0.2) is 0 Å². The van der Waals surface area contributed by atoms with Gasteiger partial charge in [-0.2, -0.15) is 0 Å². The molecular weight excluding hydrogens is 178 g/mol. The van der Waals surface area contributed by atoms with E-state index < -0.39 is 0 Å². The molecule has 1 saturated carbocycles. The highest BCUT2D eigenvalue weighted by molar-refractivity contribution is 5.82. The van der Waals surface area contributed by atoms with Crippen LogP contribution in [0.5, 0.6) is 0 Å². The van der Waals surface area contributed by atoms with Crippen molar-refractivity contribution in [1.29, 1.82) is 0 Å². The second kappa shape index (κ2) is 5.13. The molecule has 0 aromatic carbocycles. The van der Waals surface area contributed by atoms with E-state index in [9.17, 15) is 9.59 Å². The van der Waals surface area contributed by atoms with Crippen LogP contribution in [0.25, 0.3) is 0 Å². The molecule has 1 amide bonds. The summed E-state index contributed by atoms with van der Waals surface area (Å²) in [7, 11) is 0. The van der Waals surface area contributed by atoms with E-state index in [0.29, 0.717) is 12.2 Å². The molecular formula is C11H19NO2. The van der Waals surface area contributed by atoms with Gasteiger partial charge in [0.1, 0.15) is 5.78 Å². The number of carbonyl (C=O) groups excluding carboxylic acids is 2. The summed E-state index contributed by atoms with van der Waals surface area (Å²) in [5.74, 6) is 0.382. The molecule has 80 valence electrons. The van der Waals surface area contributed by atoms with Crippen LogP contribution in [-0.4, -0.2) is 11.7 Å². The second-order valence-electron chi connectivity index (χ2n) is 4.17. The van der Waals surface area contributed by atoms with Crippen molar-refractivity contribution in [2.75, 3.05) is 0 Å². The van der Waals surface area contributed by atoms with Gasteiger partial charge in [-0.3, -0.25) is 9.59 Å². The van der Waals surface area contributed by atoms with Gasteiger partial charge in [0.2, 0.25) is 5.91 Å². The molecule has 1 rings (SSSR count). The summed E-state index contributed by atoms with van der Waals surface area (Å²) in [5, 5.41) is 0. The summed E-state index contributed by atoms with van der Waals surface area (Å²) in [6, 6.07) is 0. The number of rotatable bonds is 4. The van der Waals surface area contributed by atoms with Gasteiger partial charge in [-0.05, 0) is 32.1 Å². The van der Waals surface area contributed by atoms with Gasteiger partial charge in [-0.1, -0.05) is 6.92 Å². The molecule has 14 heavy (non-hydrogen) atoms. The van der Waals surface area contributed by atoms with Gasteiger partial charge >= 0.3 is 0 Å². The highest BCUT2D eigenvalue weighted by atomic mass is 16.1. The summed E-state index contributed by atoms with van der Waals surface area (Å²) in [5.41, 5.74) is 5.22. The van der Waals surface area contributed by atoms with E-state index in [4.69, 9.17) is 5.73 Å². The Morgan fingerprint density at radius 2 is 1.64 bits per heavy atom. The summed E-state index contributed by atoms with van der Waals surface area (Å²) in [6.07, 6.45) is 4.92. The van der Waals surface area contributed by atoms with Crippen LogP contribution < -0.4 is 5.73 Å². The first-order valence-electron chi connectivity index (χ1n) is 5.47. The highest BCUT2D eigenvalue weighted by Crippen LogP contribution is 2.29. The Bertz CT molecular complexity index is 217. The van der Waals surface area contributed by atoms with Crippen molar-refractivity contribution in [2.45, 2.75) is 45.4 Å². The molecule has 0 aromatic rings. The average molecular weight is 197 g/mol. The van der Waals surface area contributed by atoms with Gasteiger partial charge in [0, 0.05) is 18.3 Å². The zero-order valence-electron chi connectivity index (χ0n) is 8.79. The van der Waals surface area contributed by atoms with Gasteiger partial charge in [0.15, 0.2) is 0 Å². The van der Waals surface area contributed by atoms with Gasteiger partial charge in [0.25, 0.3) is 0 Å². The molecule has 0 radical (unpaired) electrons. The zero-order valence-corrected chi connectivity index (χ0v) is 8.79. The summed E-state index contributed by atoms with van der Waals surface area (Å²) < 4.78 is 0. The molecule has 3 heteroatoms. The number of primary amides is 1. The molecule has 0 saturated heterocycles. The van der Waals surface area contributed by atoms with Crippen LogP contribution >= 0.6 is 0 Å². The zero-order chi connectivity index (χ0) is 10.6. The Morgan fingerprint density at radius 1 is 1.14 bits per heavy atom. The van der Waals surface area contributed by atoms with Crippen LogP contribution in [0.1, 0.15) is 45.4 Å². The molecule has 0 heterocycles. The SMILES string of the molecule is CCCC(=O)[C@H]1CC[C@H](C(N)=O)CC1. The van der Waals surface area contributed by atoms with Crippen LogP contribution in [0, 0.1) is 11.8 Å². The van der Waals surface area contributed by atoms with Crippen molar-refractivity contribution >= 4 is 11.7 Å². The van der Waals surface area contributed by atoms with Crippen LogP contribution in [0.15, 0.2) is 0 Å². The number of hydrogen-bond donors (Lipinski definition) is 1. The Kier molecular flexibility index (Phi) is 4.11. The lowest BCUT2D eigenvalue weighted by molar-refractivity contribution is -0.127. The van der Waals surface area contributed by atoms with Crippen molar-refractivity contribution in [3.8, 4) is 0 Å². The molecule has 1 aliphatic carbocycles. The van der Waals surface area contributed by atoms with E-state index in [2.05, 4.69) is 0 Å². The molecule has 0 aromatic heterocycles. The first kappa shape index (κ1) is 11.2. The molecule has 2 N–H and O–H groups in total. The quantitative estimate of drug-likeness (QED) is 0.744. The highest BCUT2D eigenvalue weighted by Gasteiger charge is 2.27. The maximum absolute atomic E-state index is 11.6. The van der Waals surface area contributed by atoms with Crippen LogP contribution in [0.4, 0.5) is 0 Å². The van der Waals surface area contributed by atoms with E-state index >= 15 is 0 Å². The molecule has 1 aliphatic rings. The van der Waals surface area contributed by atoms with Crippen molar-refractivity contribution < 1.29 is 9.59 Å². The monoisotopic (exact) mass is 197 g/mol. The number of amides is 1. The summed E-state index contributed by atoms with van der Waals surface area (Å²) in [4.78, 5) is 22.5. The van der Waals surface area contributed by atoms with E-state index in [1.807, 2.05) is 6.92 Å². The topological polar surface area (TPSA) is 60.2 Å². The average Bonchev–Trinajstić information content (AvgIpc) is 2.18. The van der Waals surface area contributed by atoms with Crippen molar-refractivity contribution in [3.05, 3.63) is 0 Å². The number of nitrogens with two attached hydrogens (primary N) is 1. The van der Waals surface area contributed by atoms with Gasteiger partial charge in [0.05, 0.1) is 0 Å². The standard InChI is InChI=1S/C11H19NO2/c1-2-3-10(13)8-4-6-9(7-5-8)11(12)14/h8-9H,2-7H2,1H3,(H2,12,14)/t8-,9-. The lowest BCUT2D eigenvalue weighted by Gasteiger charge is -2.25. The Labute approximate surface area is 85.0 Å². The smallest absolute Gasteiger partial charge is 0.220 e. The van der Waals surface area contributed by atoms with Crippen molar-refractivity contribution in [2.24, 2.45) is 17.6 Å². The van der Waals surface area contributed by atoms with Gasteiger partial charge < -0.3 is 5.73 Å². The minimum Gasteiger partial charge on any atom is -0.369 e. The lowest BCUT2D eigenvalue weighted by atomic mass is 9.79. The maximum atomic E-state index is 11.6. The van der Waals surface area contributed by atoms with Crippen molar-refractivity contribution in [3.63, 3.8) is 0 Å². The Balaban J connectivity index is 2.35. The third kappa shape index (κ3) is 2.82. The van der Waals surface area contributed by atoms with Crippen molar-refractivity contribution in [1.82, 2.24) is 0 Å². The number of Topliss-reactive ketones (excluding diaryl/α,β-unsaturated/α-hetero) is 1. The fraction of sp³-hybridized carbons (Fsp3) is 0.818. The maximum Gasteiger partial charge on any atom is 0.220 e. The second-order valence-corrected chi connectivity index (χ2v) is 4.17. The molecule has 0 bridgehead atoms. The molecule has 0 unspecified atom stereocenters. The largest absolute Gasteiger partial charge is 0.369 e. The van der Waals surface area contributed by atoms with Crippen LogP contribution in [0.3, 0.4) is 0 Å². The Morgan fingerprint density at radius 3 is 2.07 bits per heavy atom. The number of hydrogen-bond acceptors (Lipinski definition) is 2. The van der Waals surface area contributed by atoms with E-state index in [0.717, 1.165) is 32.1 Å². The van der Waals surface area contributed by atoms with Crippen LogP contribution in [0.2, 0.25) is 0 Å². The predicted octanol–water partition coefficient (Wildman–Crippen LogP) is 1.65. The first-order chi connectivity index (χ1) is 6.65. The van der Waals surface area contributed by atoms with E-state index in [1.165, 1.54) is 0 Å². The fourth-order valence-electron chi connectivity index (χ4n) is 2.15. The summed E-state index contributed by atoms with van der Waals surface area (Å²) >= 11 is 0. The lowest BCUT2D eigenvalue weighted by Crippen LogP contribution is -2.29. The van der Waals surface area contributed by atoms with Gasteiger partial charge in [-0.15, -0.1) is 0 Å². The fourth-order valence-corrected chi connectivity index (χ4v) is 2.15. The third-order valence-electron chi connectivity index (χ3n) is 3.08. The number of carbonyl (C=O) groups is 2. The minimum atomic E-state index is -0.202. The minimum absolute atomic E-state index is 0.0145. The third-order valence-corrected chi connectivity index (χ3v) is 3.08. The van der Waals surface area contributed by atoms with E-state index in [1.54, 1.807) is 0 Å². The molecule has 3 nitrogen and oxygen atoms in total. The molecule has 0 atom stereocenters. The Hall–Kier alpha value is -0.860. The molecule has 0 spiro atoms. The molecule has 1 fully saturated rings.